The first-order chi connectivity index (χ1) is 12.0. The number of carbonyl (C=O) groups is 1. The summed E-state index contributed by atoms with van der Waals surface area (Å²) in [6.07, 6.45) is 5.88. The molecule has 0 bridgehead atoms. The summed E-state index contributed by atoms with van der Waals surface area (Å²) in [5.41, 5.74) is 0.419. The summed E-state index contributed by atoms with van der Waals surface area (Å²) in [6.45, 7) is 4.16. The van der Waals surface area contributed by atoms with Crippen molar-refractivity contribution in [3.05, 3.63) is 23.8 Å². The van der Waals surface area contributed by atoms with E-state index in [1.54, 1.807) is 32.4 Å². The zero-order valence-electron chi connectivity index (χ0n) is 15.7. The second kappa shape index (κ2) is 8.80. The van der Waals surface area contributed by atoms with Gasteiger partial charge >= 0.3 is 0 Å². The van der Waals surface area contributed by atoms with E-state index in [2.05, 4.69) is 13.8 Å². The third-order valence-electron chi connectivity index (χ3n) is 5.21. The summed E-state index contributed by atoms with van der Waals surface area (Å²) in [4.78, 5) is 13.7. The number of rotatable bonds is 8. The van der Waals surface area contributed by atoms with Gasteiger partial charge in [-0.25, -0.2) is 0 Å². The normalized spacial score (nSPS) is 18.1. The lowest BCUT2D eigenvalue weighted by Gasteiger charge is -2.38. The fourth-order valence-corrected chi connectivity index (χ4v) is 5.13. The quantitative estimate of drug-likeness (QED) is 0.449. The van der Waals surface area contributed by atoms with E-state index in [-0.39, 0.29) is 26.1 Å². The van der Waals surface area contributed by atoms with Crippen LogP contribution in [0.3, 0.4) is 0 Å². The summed E-state index contributed by atoms with van der Waals surface area (Å²) in [7, 11) is 3.00. The van der Waals surface area contributed by atoms with Crippen molar-refractivity contribution in [3.8, 4) is 11.5 Å². The smallest absolute Gasteiger partial charge is 0.188 e. The summed E-state index contributed by atoms with van der Waals surface area (Å²) >= 11 is 0. The molecule has 1 aromatic rings. The molecule has 4 nitrogen and oxygen atoms in total. The van der Waals surface area contributed by atoms with Crippen LogP contribution < -0.4 is 9.47 Å². The molecule has 25 heavy (non-hydrogen) atoms. The lowest BCUT2D eigenvalue weighted by atomic mass is 9.72. The van der Waals surface area contributed by atoms with Gasteiger partial charge in [0.1, 0.15) is 22.2 Å². The predicted molar refractivity (Wildman–Crippen MR) is 100 cm³/mol. The highest BCUT2D eigenvalue weighted by Gasteiger charge is 2.49. The molecule has 0 amide bonds. The van der Waals surface area contributed by atoms with E-state index >= 15 is 0 Å². The van der Waals surface area contributed by atoms with Gasteiger partial charge in [0.25, 0.3) is 0 Å². The number of methoxy groups -OCH3 is 2. The Hall–Kier alpha value is -1.41. The van der Waals surface area contributed by atoms with Gasteiger partial charge in [0.2, 0.25) is 0 Å². The Kier molecular flexibility index (Phi) is 7.01. The Morgan fingerprint density at radius 2 is 1.72 bits per heavy atom. The summed E-state index contributed by atoms with van der Waals surface area (Å²) in [5, 5.41) is -0.906. The molecular weight excluding hydrogens is 335 g/mol. The van der Waals surface area contributed by atoms with Gasteiger partial charge in [-0.3, -0.25) is 9.36 Å². The van der Waals surface area contributed by atoms with Gasteiger partial charge in [0.05, 0.1) is 14.2 Å². The first-order valence-corrected chi connectivity index (χ1v) is 9.91. The Morgan fingerprint density at radius 3 is 2.16 bits per heavy atom. The highest BCUT2D eigenvalue weighted by Crippen LogP contribution is 2.49. The van der Waals surface area contributed by atoms with Crippen LogP contribution in [-0.4, -0.2) is 25.2 Å². The van der Waals surface area contributed by atoms with Crippen LogP contribution in [0.1, 0.15) is 62.7 Å². The Balaban J connectivity index is 2.57. The van der Waals surface area contributed by atoms with Crippen molar-refractivity contribution in [3.63, 3.8) is 0 Å². The van der Waals surface area contributed by atoms with Crippen LogP contribution in [0.2, 0.25) is 0 Å². The van der Waals surface area contributed by atoms with Gasteiger partial charge in [-0.1, -0.05) is 39.2 Å². The molecule has 1 aromatic carbocycles. The van der Waals surface area contributed by atoms with E-state index in [9.17, 15) is 9.36 Å². The second-order valence-corrected chi connectivity index (χ2v) is 8.30. The van der Waals surface area contributed by atoms with Crippen LogP contribution in [0.4, 0.5) is 0 Å². The van der Waals surface area contributed by atoms with E-state index < -0.39 is 5.16 Å². The van der Waals surface area contributed by atoms with Crippen LogP contribution in [0, 0.1) is 11.8 Å². The zero-order chi connectivity index (χ0) is 18.4. The maximum absolute atomic E-state index is 13.7. The van der Waals surface area contributed by atoms with E-state index in [1.165, 1.54) is 6.42 Å². The molecule has 1 unspecified atom stereocenters. The van der Waals surface area contributed by atoms with Gasteiger partial charge in [0, 0.05) is 0 Å². The Morgan fingerprint density at radius 1 is 1.16 bits per heavy atom. The fourth-order valence-electron chi connectivity index (χ4n) is 4.09. The molecule has 0 saturated heterocycles. The minimum absolute atomic E-state index is 0.0918. The second-order valence-electron chi connectivity index (χ2n) is 7.32. The minimum Gasteiger partial charge on any atom is -0.496 e. The van der Waals surface area contributed by atoms with Crippen molar-refractivity contribution < 1.29 is 18.8 Å². The molecule has 2 rings (SSSR count). The summed E-state index contributed by atoms with van der Waals surface area (Å²) < 4.78 is 23.3. The van der Waals surface area contributed by atoms with Gasteiger partial charge in [-0.2, -0.15) is 0 Å². The van der Waals surface area contributed by atoms with Crippen molar-refractivity contribution in [2.75, 3.05) is 14.2 Å². The van der Waals surface area contributed by atoms with Crippen molar-refractivity contribution in [2.24, 2.45) is 11.8 Å². The average Bonchev–Trinajstić information content (AvgIpc) is 2.65. The largest absolute Gasteiger partial charge is 0.496 e. The Bertz CT molecular complexity index is 585. The molecule has 0 aromatic heterocycles. The molecule has 0 spiro atoms. The highest BCUT2D eigenvalue weighted by atomic mass is 31.1. The van der Waals surface area contributed by atoms with Crippen molar-refractivity contribution >= 4 is 14.2 Å². The standard InChI is InChI=1S/C20H29O4P/c1-14(2)13-20(25-22,15-9-6-5-7-10-15)19(21)18-16(23-3)11-8-12-17(18)24-4/h8,11-12,14-15H,5-7,9-10,13H2,1-4H3. The number of Topliss-reactive ketones (excluding diaryl/α,β-unsaturated/α-hetero) is 1. The summed E-state index contributed by atoms with van der Waals surface area (Å²) in [5.74, 6) is 1.26. The van der Waals surface area contributed by atoms with Crippen molar-refractivity contribution in [1.82, 2.24) is 0 Å². The third kappa shape index (κ3) is 4.06. The molecular formula is C20H29O4P. The molecule has 0 radical (unpaired) electrons. The van der Waals surface area contributed by atoms with Gasteiger partial charge in [-0.15, -0.1) is 0 Å². The van der Waals surface area contributed by atoms with Crippen molar-refractivity contribution in [2.45, 2.75) is 57.5 Å². The number of carbonyl (C=O) groups excluding carboxylic acids is 1. The molecule has 1 aliphatic rings. The first-order valence-electron chi connectivity index (χ1n) is 9.10. The molecule has 1 aliphatic carbocycles. The number of hydrogen-bond donors (Lipinski definition) is 0. The number of hydrogen-bond acceptors (Lipinski definition) is 4. The molecule has 138 valence electrons. The third-order valence-corrected chi connectivity index (χ3v) is 6.29. The molecule has 0 N–H and O–H groups in total. The van der Waals surface area contributed by atoms with Crippen LogP contribution in [-0.2, 0) is 4.57 Å². The van der Waals surface area contributed by atoms with Gasteiger partial charge in [-0.05, 0) is 43.2 Å². The van der Waals surface area contributed by atoms with Crippen LogP contribution in [0.25, 0.3) is 0 Å². The maximum Gasteiger partial charge on any atom is 0.188 e. The molecule has 5 heteroatoms. The van der Waals surface area contributed by atoms with Crippen molar-refractivity contribution in [1.29, 1.82) is 0 Å². The maximum atomic E-state index is 13.7. The fraction of sp³-hybridized carbons (Fsp3) is 0.650. The first kappa shape index (κ1) is 19.9. The lowest BCUT2D eigenvalue weighted by Crippen LogP contribution is -2.43. The molecule has 1 atom stereocenters. The van der Waals surface area contributed by atoms with Crippen LogP contribution >= 0.6 is 8.46 Å². The van der Waals surface area contributed by atoms with Gasteiger partial charge < -0.3 is 9.47 Å². The topological polar surface area (TPSA) is 52.6 Å². The summed E-state index contributed by atoms with van der Waals surface area (Å²) in [6, 6.07) is 5.32. The van der Waals surface area contributed by atoms with E-state index in [4.69, 9.17) is 9.47 Å². The Labute approximate surface area is 152 Å². The van der Waals surface area contributed by atoms with Crippen LogP contribution in [0.5, 0.6) is 11.5 Å². The van der Waals surface area contributed by atoms with Crippen LogP contribution in [0.15, 0.2) is 18.2 Å². The number of ether oxygens (including phenoxy) is 2. The SMILES string of the molecule is COc1cccc(OC)c1C(=O)C(CC(C)C)(P=O)C1CCCCC1. The molecule has 0 heterocycles. The van der Waals surface area contributed by atoms with E-state index in [1.807, 2.05) is 0 Å². The number of ketones is 1. The molecule has 1 saturated carbocycles. The number of benzene rings is 1. The monoisotopic (exact) mass is 364 g/mol. The minimum atomic E-state index is -0.906. The van der Waals surface area contributed by atoms with Gasteiger partial charge in [0.15, 0.2) is 14.2 Å². The average molecular weight is 364 g/mol. The van der Waals surface area contributed by atoms with E-state index in [0.29, 0.717) is 23.5 Å². The molecule has 0 aliphatic heterocycles. The lowest BCUT2D eigenvalue weighted by molar-refractivity contribution is 0.0851. The van der Waals surface area contributed by atoms with E-state index in [0.717, 1.165) is 25.7 Å². The zero-order valence-corrected chi connectivity index (χ0v) is 16.6. The highest BCUT2D eigenvalue weighted by molar-refractivity contribution is 7.28. The molecule has 1 fully saturated rings. The predicted octanol–water partition coefficient (Wildman–Crippen LogP) is 5.54.